The first kappa shape index (κ1) is 16.5. The highest BCUT2D eigenvalue weighted by molar-refractivity contribution is 7.89. The highest BCUT2D eigenvalue weighted by Gasteiger charge is 2.34. The second kappa shape index (κ2) is 6.46. The van der Waals surface area contributed by atoms with Crippen LogP contribution >= 0.6 is 0 Å². The third-order valence-corrected chi connectivity index (χ3v) is 6.21. The smallest absolute Gasteiger partial charge is 0.246 e. The largest absolute Gasteiger partial charge is 0.320 e. The van der Waals surface area contributed by atoms with E-state index in [-0.39, 0.29) is 0 Å². The van der Waals surface area contributed by atoms with Gasteiger partial charge in [-0.25, -0.2) is 8.42 Å². The first-order valence-electron chi connectivity index (χ1n) is 7.56. The second-order valence-electron chi connectivity index (χ2n) is 5.94. The van der Waals surface area contributed by atoms with Crippen molar-refractivity contribution in [2.45, 2.75) is 45.1 Å². The summed E-state index contributed by atoms with van der Waals surface area (Å²) in [5.41, 5.74) is 1.36. The van der Waals surface area contributed by atoms with Gasteiger partial charge in [-0.3, -0.25) is 4.68 Å². The normalized spacial score (nSPS) is 20.3. The minimum absolute atomic E-state index is 0.404. The van der Waals surface area contributed by atoms with Crippen molar-refractivity contribution in [3.8, 4) is 0 Å². The van der Waals surface area contributed by atoms with Gasteiger partial charge in [0.1, 0.15) is 4.90 Å². The maximum Gasteiger partial charge on any atom is 0.246 e. The Balaban J connectivity index is 2.27. The van der Waals surface area contributed by atoms with Crippen LogP contribution in [0, 0.1) is 19.8 Å². The highest BCUT2D eigenvalue weighted by atomic mass is 32.2. The molecule has 0 aliphatic carbocycles. The molecule has 1 saturated heterocycles. The Morgan fingerprint density at radius 2 is 2.10 bits per heavy atom. The Hall–Kier alpha value is -0.920. The molecule has 2 heterocycles. The predicted octanol–water partition coefficient (Wildman–Crippen LogP) is 1.14. The molecule has 1 aliphatic heterocycles. The molecule has 0 saturated carbocycles. The Morgan fingerprint density at radius 1 is 1.38 bits per heavy atom. The van der Waals surface area contributed by atoms with Gasteiger partial charge in [-0.05, 0) is 46.2 Å². The number of aryl methyl sites for hydroxylation is 2. The number of nitrogens with one attached hydrogen (secondary N) is 1. The van der Waals surface area contributed by atoms with Crippen LogP contribution in [0.3, 0.4) is 0 Å². The Bertz CT molecular complexity index is 594. The summed E-state index contributed by atoms with van der Waals surface area (Å²) in [6, 6.07) is 0. The van der Waals surface area contributed by atoms with Crippen molar-refractivity contribution in [3.05, 3.63) is 11.4 Å². The van der Waals surface area contributed by atoms with Gasteiger partial charge in [-0.2, -0.15) is 9.40 Å². The van der Waals surface area contributed by atoms with E-state index in [4.69, 9.17) is 0 Å². The molecule has 1 atom stereocenters. The number of sulfonamides is 1. The van der Waals surface area contributed by atoms with Crippen LogP contribution in [-0.4, -0.2) is 49.2 Å². The van der Waals surface area contributed by atoms with E-state index in [0.717, 1.165) is 31.6 Å². The first-order chi connectivity index (χ1) is 9.87. The summed E-state index contributed by atoms with van der Waals surface area (Å²) in [5, 5.41) is 7.51. The van der Waals surface area contributed by atoms with E-state index in [0.29, 0.717) is 29.6 Å². The van der Waals surface area contributed by atoms with Crippen molar-refractivity contribution in [2.75, 3.05) is 26.7 Å². The van der Waals surface area contributed by atoms with Crippen molar-refractivity contribution in [1.29, 1.82) is 0 Å². The van der Waals surface area contributed by atoms with Gasteiger partial charge in [0.25, 0.3) is 0 Å². The molecule has 6 nitrogen and oxygen atoms in total. The molecule has 21 heavy (non-hydrogen) atoms. The summed E-state index contributed by atoms with van der Waals surface area (Å²) >= 11 is 0. The van der Waals surface area contributed by atoms with E-state index in [1.54, 1.807) is 11.2 Å². The van der Waals surface area contributed by atoms with E-state index in [2.05, 4.69) is 17.3 Å². The summed E-state index contributed by atoms with van der Waals surface area (Å²) in [7, 11) is -1.50. The van der Waals surface area contributed by atoms with Crippen molar-refractivity contribution in [3.63, 3.8) is 0 Å². The van der Waals surface area contributed by atoms with Gasteiger partial charge in [0.05, 0.1) is 11.4 Å². The molecule has 0 amide bonds. The van der Waals surface area contributed by atoms with E-state index in [1.807, 2.05) is 18.7 Å². The van der Waals surface area contributed by atoms with Crippen LogP contribution in [0.4, 0.5) is 0 Å². The Morgan fingerprint density at radius 3 is 2.67 bits per heavy atom. The molecule has 0 radical (unpaired) electrons. The number of rotatable bonds is 6. The second-order valence-corrected chi connectivity index (χ2v) is 7.81. The van der Waals surface area contributed by atoms with Gasteiger partial charge in [-0.15, -0.1) is 0 Å². The number of aromatic nitrogens is 2. The highest BCUT2D eigenvalue weighted by Crippen LogP contribution is 2.28. The lowest BCUT2D eigenvalue weighted by molar-refractivity contribution is 0.463. The quantitative estimate of drug-likeness (QED) is 0.800. The standard InChI is InChI=1S/C14H26N4O2S/c1-11-6-9-17(10-11)21(19,20)14-12(2)16-18(13(14)3)8-5-7-15-4/h11,15H,5-10H2,1-4H3. The lowest BCUT2D eigenvalue weighted by Crippen LogP contribution is -2.29. The Labute approximate surface area is 127 Å². The van der Waals surface area contributed by atoms with Gasteiger partial charge in [0.2, 0.25) is 10.0 Å². The molecule has 2 rings (SSSR count). The van der Waals surface area contributed by atoms with Crippen molar-refractivity contribution in [2.24, 2.45) is 5.92 Å². The molecular weight excluding hydrogens is 288 g/mol. The van der Waals surface area contributed by atoms with Crippen molar-refractivity contribution >= 4 is 10.0 Å². The van der Waals surface area contributed by atoms with Crippen LogP contribution in [0.5, 0.6) is 0 Å². The van der Waals surface area contributed by atoms with Gasteiger partial charge in [0.15, 0.2) is 0 Å². The van der Waals surface area contributed by atoms with Crippen LogP contribution in [0.25, 0.3) is 0 Å². The molecule has 1 aliphatic rings. The van der Waals surface area contributed by atoms with Gasteiger partial charge < -0.3 is 5.32 Å². The van der Waals surface area contributed by atoms with Crippen molar-refractivity contribution in [1.82, 2.24) is 19.4 Å². The van der Waals surface area contributed by atoms with Crippen LogP contribution in [0.2, 0.25) is 0 Å². The van der Waals surface area contributed by atoms with Gasteiger partial charge in [-0.1, -0.05) is 6.92 Å². The third-order valence-electron chi connectivity index (χ3n) is 4.10. The molecule has 0 aromatic carbocycles. The number of nitrogens with zero attached hydrogens (tertiary/aromatic N) is 3. The van der Waals surface area contributed by atoms with E-state index < -0.39 is 10.0 Å². The average molecular weight is 314 g/mol. The lowest BCUT2D eigenvalue weighted by atomic mass is 10.2. The SMILES string of the molecule is CNCCCn1nc(C)c(S(=O)(=O)N2CCC(C)C2)c1C. The summed E-state index contributed by atoms with van der Waals surface area (Å²) in [6.45, 7) is 8.60. The zero-order valence-electron chi connectivity index (χ0n) is 13.4. The molecule has 1 unspecified atom stereocenters. The average Bonchev–Trinajstić information content (AvgIpc) is 2.95. The van der Waals surface area contributed by atoms with Crippen LogP contribution < -0.4 is 5.32 Å². The molecule has 1 N–H and O–H groups in total. The maximum absolute atomic E-state index is 12.8. The van der Waals surface area contributed by atoms with Crippen LogP contribution in [0.1, 0.15) is 31.2 Å². The maximum atomic E-state index is 12.8. The molecule has 7 heteroatoms. The minimum Gasteiger partial charge on any atom is -0.320 e. The fourth-order valence-electron chi connectivity index (χ4n) is 2.92. The van der Waals surface area contributed by atoms with Crippen LogP contribution in [0.15, 0.2) is 4.90 Å². The summed E-state index contributed by atoms with van der Waals surface area (Å²) < 4.78 is 29.1. The zero-order valence-corrected chi connectivity index (χ0v) is 14.2. The predicted molar refractivity (Wildman–Crippen MR) is 82.8 cm³/mol. The summed E-state index contributed by atoms with van der Waals surface area (Å²) in [4.78, 5) is 0.404. The molecule has 0 spiro atoms. The summed E-state index contributed by atoms with van der Waals surface area (Å²) in [5.74, 6) is 0.436. The Kier molecular flexibility index (Phi) is 5.06. The minimum atomic E-state index is -3.41. The lowest BCUT2D eigenvalue weighted by Gasteiger charge is -2.16. The van der Waals surface area contributed by atoms with Crippen molar-refractivity contribution < 1.29 is 8.42 Å². The topological polar surface area (TPSA) is 67.2 Å². The van der Waals surface area contributed by atoms with E-state index in [1.165, 1.54) is 0 Å². The van der Waals surface area contributed by atoms with Crippen LogP contribution in [-0.2, 0) is 16.6 Å². The van der Waals surface area contributed by atoms with Gasteiger partial charge >= 0.3 is 0 Å². The number of hydrogen-bond donors (Lipinski definition) is 1. The molecule has 0 bridgehead atoms. The molecular formula is C14H26N4O2S. The fraction of sp³-hybridized carbons (Fsp3) is 0.786. The van der Waals surface area contributed by atoms with E-state index >= 15 is 0 Å². The number of hydrogen-bond acceptors (Lipinski definition) is 4. The zero-order chi connectivity index (χ0) is 15.6. The van der Waals surface area contributed by atoms with E-state index in [9.17, 15) is 8.42 Å². The summed E-state index contributed by atoms with van der Waals surface area (Å²) in [6.07, 6.45) is 1.87. The molecule has 1 fully saturated rings. The van der Waals surface area contributed by atoms with Gasteiger partial charge in [0, 0.05) is 19.6 Å². The third kappa shape index (κ3) is 3.30. The first-order valence-corrected chi connectivity index (χ1v) is 9.00. The fourth-order valence-corrected chi connectivity index (χ4v) is 4.87. The molecule has 1 aromatic rings. The monoisotopic (exact) mass is 314 g/mol. The molecule has 1 aromatic heterocycles. The molecule has 120 valence electrons.